The molecule has 1 fully saturated rings. The van der Waals surface area contributed by atoms with Gasteiger partial charge in [0.1, 0.15) is 12.3 Å². The van der Waals surface area contributed by atoms with E-state index in [0.717, 1.165) is 10.6 Å². The fourth-order valence-corrected chi connectivity index (χ4v) is 1.89. The van der Waals surface area contributed by atoms with E-state index in [1.54, 1.807) is 0 Å². The van der Waals surface area contributed by atoms with Crippen LogP contribution >= 0.6 is 0 Å². The highest BCUT2D eigenvalue weighted by Gasteiger charge is 2.47. The van der Waals surface area contributed by atoms with Gasteiger partial charge in [-0.2, -0.15) is 0 Å². The normalized spacial score (nSPS) is 31.2. The fraction of sp³-hybridized carbons (Fsp3) is 0.455. The molecule has 2 heterocycles. The van der Waals surface area contributed by atoms with Crippen LogP contribution < -0.4 is 11.2 Å². The van der Waals surface area contributed by atoms with E-state index in [0.29, 0.717) is 0 Å². The average Bonchev–Trinajstić information content (AvgIpc) is 2.67. The van der Waals surface area contributed by atoms with Gasteiger partial charge in [-0.3, -0.25) is 14.3 Å². The topological polar surface area (TPSA) is 105 Å². The number of nitrogens with zero attached hydrogens (tertiary/aromatic N) is 1. The van der Waals surface area contributed by atoms with E-state index in [1.807, 2.05) is 0 Å². The number of terminal acetylenes is 1. The third kappa shape index (κ3) is 1.86. The summed E-state index contributed by atoms with van der Waals surface area (Å²) in [5.41, 5.74) is -2.70. The van der Waals surface area contributed by atoms with Crippen LogP contribution in [-0.2, 0) is 4.74 Å². The Morgan fingerprint density at radius 3 is 2.89 bits per heavy atom. The minimum absolute atomic E-state index is 0.0523. The quantitative estimate of drug-likeness (QED) is 0.538. The molecule has 18 heavy (non-hydrogen) atoms. The van der Waals surface area contributed by atoms with Gasteiger partial charge in [-0.05, 0) is 0 Å². The summed E-state index contributed by atoms with van der Waals surface area (Å²) < 4.78 is 6.48. The Bertz CT molecular complexity index is 598. The van der Waals surface area contributed by atoms with Crippen LogP contribution in [-0.4, -0.2) is 38.1 Å². The molecule has 0 radical (unpaired) electrons. The number of aliphatic hydroxyl groups excluding tert-OH is 2. The molecule has 0 saturated carbocycles. The molecule has 2 rings (SSSR count). The number of hydrogen-bond acceptors (Lipinski definition) is 5. The van der Waals surface area contributed by atoms with Gasteiger partial charge in [0.15, 0.2) is 5.60 Å². The first-order valence-corrected chi connectivity index (χ1v) is 5.28. The SMILES string of the molecule is C#C[C@]1(CO)O[C@@H](n2ccc(=O)[nH]c2=O)C[C@H]1O. The predicted octanol–water partition coefficient (Wildman–Crippen LogP) is -1.82. The number of hydrogen-bond donors (Lipinski definition) is 3. The fourth-order valence-electron chi connectivity index (χ4n) is 1.89. The Morgan fingerprint density at radius 1 is 1.67 bits per heavy atom. The Labute approximate surface area is 102 Å². The van der Waals surface area contributed by atoms with Gasteiger partial charge in [0.25, 0.3) is 5.56 Å². The van der Waals surface area contributed by atoms with Crippen molar-refractivity contribution in [1.29, 1.82) is 0 Å². The number of nitrogens with one attached hydrogen (secondary N) is 1. The van der Waals surface area contributed by atoms with Crippen LogP contribution in [0.15, 0.2) is 21.9 Å². The van der Waals surface area contributed by atoms with Gasteiger partial charge in [0.05, 0.1) is 6.61 Å². The van der Waals surface area contributed by atoms with Crippen molar-refractivity contribution in [3.05, 3.63) is 33.1 Å². The molecule has 7 heteroatoms. The van der Waals surface area contributed by atoms with Crippen molar-refractivity contribution in [2.45, 2.75) is 24.4 Å². The first kappa shape index (κ1) is 12.6. The smallest absolute Gasteiger partial charge is 0.330 e. The molecule has 0 spiro atoms. The first-order valence-electron chi connectivity index (χ1n) is 5.28. The zero-order chi connectivity index (χ0) is 13.3. The van der Waals surface area contributed by atoms with E-state index in [-0.39, 0.29) is 6.42 Å². The Hall–Kier alpha value is -1.88. The van der Waals surface area contributed by atoms with E-state index in [2.05, 4.69) is 10.9 Å². The Balaban J connectivity index is 2.36. The van der Waals surface area contributed by atoms with E-state index in [9.17, 15) is 19.8 Å². The molecule has 0 aromatic carbocycles. The Morgan fingerprint density at radius 2 is 2.39 bits per heavy atom. The second-order valence-corrected chi connectivity index (χ2v) is 4.03. The van der Waals surface area contributed by atoms with Crippen molar-refractivity contribution in [1.82, 2.24) is 9.55 Å². The van der Waals surface area contributed by atoms with Crippen LogP contribution in [0, 0.1) is 12.3 Å². The lowest BCUT2D eigenvalue weighted by molar-refractivity contribution is -0.0912. The molecule has 96 valence electrons. The number of H-pyrrole nitrogens is 1. The minimum atomic E-state index is -1.51. The summed E-state index contributed by atoms with van der Waals surface area (Å²) in [6, 6.07) is 1.16. The molecule has 0 amide bonds. The standard InChI is InChI=1S/C11H12N2O5/c1-2-11(6-14)7(15)5-9(18-11)13-4-3-8(16)12-10(13)17/h1,3-4,7,9,14-15H,5-6H2,(H,12,16,17)/t7-,9-,11-/m1/s1. The molecule has 3 atom stereocenters. The zero-order valence-corrected chi connectivity index (χ0v) is 9.37. The summed E-state index contributed by atoms with van der Waals surface area (Å²) in [7, 11) is 0. The van der Waals surface area contributed by atoms with Gasteiger partial charge < -0.3 is 14.9 Å². The second kappa shape index (κ2) is 4.42. The van der Waals surface area contributed by atoms with Crippen molar-refractivity contribution in [3.8, 4) is 12.3 Å². The summed E-state index contributed by atoms with van der Waals surface area (Å²) in [6.07, 6.45) is 4.62. The van der Waals surface area contributed by atoms with Crippen LogP contribution in [0.25, 0.3) is 0 Å². The zero-order valence-electron chi connectivity index (χ0n) is 9.37. The van der Waals surface area contributed by atoms with Crippen LogP contribution in [0.2, 0.25) is 0 Å². The first-order chi connectivity index (χ1) is 8.52. The highest BCUT2D eigenvalue weighted by molar-refractivity contribution is 5.15. The van der Waals surface area contributed by atoms with Gasteiger partial charge in [-0.15, -0.1) is 6.42 Å². The molecule has 1 aliphatic rings. The van der Waals surface area contributed by atoms with Crippen LogP contribution in [0.5, 0.6) is 0 Å². The third-order valence-electron chi connectivity index (χ3n) is 2.95. The highest BCUT2D eigenvalue weighted by atomic mass is 16.6. The van der Waals surface area contributed by atoms with E-state index in [4.69, 9.17) is 11.2 Å². The summed E-state index contributed by atoms with van der Waals surface area (Å²) in [5.74, 6) is 2.20. The predicted molar refractivity (Wildman–Crippen MR) is 60.7 cm³/mol. The maximum atomic E-state index is 11.6. The van der Waals surface area contributed by atoms with E-state index >= 15 is 0 Å². The number of aromatic nitrogens is 2. The maximum Gasteiger partial charge on any atom is 0.330 e. The van der Waals surface area contributed by atoms with Crippen LogP contribution in [0.4, 0.5) is 0 Å². The van der Waals surface area contributed by atoms with Gasteiger partial charge in [-0.25, -0.2) is 4.79 Å². The molecule has 1 aromatic rings. The molecule has 1 aliphatic heterocycles. The highest BCUT2D eigenvalue weighted by Crippen LogP contribution is 2.35. The lowest BCUT2D eigenvalue weighted by atomic mass is 9.99. The molecule has 0 bridgehead atoms. The van der Waals surface area contributed by atoms with Gasteiger partial charge in [0.2, 0.25) is 0 Å². The molecule has 7 nitrogen and oxygen atoms in total. The second-order valence-electron chi connectivity index (χ2n) is 4.03. The van der Waals surface area contributed by atoms with E-state index < -0.39 is 35.8 Å². The van der Waals surface area contributed by atoms with Gasteiger partial charge >= 0.3 is 5.69 Å². The number of aliphatic hydroxyl groups is 2. The largest absolute Gasteiger partial charge is 0.392 e. The summed E-state index contributed by atoms with van der Waals surface area (Å²) in [4.78, 5) is 24.6. The van der Waals surface area contributed by atoms with Crippen LogP contribution in [0.3, 0.4) is 0 Å². The van der Waals surface area contributed by atoms with Gasteiger partial charge in [0, 0.05) is 18.7 Å². The summed E-state index contributed by atoms with van der Waals surface area (Å²) in [5, 5.41) is 19.0. The molecule has 1 saturated heterocycles. The molecular formula is C11H12N2O5. The number of rotatable bonds is 2. The van der Waals surface area contributed by atoms with Crippen molar-refractivity contribution in [2.24, 2.45) is 0 Å². The monoisotopic (exact) mass is 252 g/mol. The van der Waals surface area contributed by atoms with Crippen molar-refractivity contribution >= 4 is 0 Å². The Kier molecular flexibility index (Phi) is 3.09. The molecule has 1 aromatic heterocycles. The molecule has 3 N–H and O–H groups in total. The lowest BCUT2D eigenvalue weighted by Crippen LogP contribution is -2.41. The molecule has 0 unspecified atom stereocenters. The molecular weight excluding hydrogens is 240 g/mol. The number of aromatic amines is 1. The third-order valence-corrected chi connectivity index (χ3v) is 2.95. The van der Waals surface area contributed by atoms with Crippen molar-refractivity contribution in [3.63, 3.8) is 0 Å². The summed E-state index contributed by atoms with van der Waals surface area (Å²) in [6.45, 7) is -0.556. The van der Waals surface area contributed by atoms with Crippen molar-refractivity contribution < 1.29 is 14.9 Å². The average molecular weight is 252 g/mol. The van der Waals surface area contributed by atoms with E-state index in [1.165, 1.54) is 6.20 Å². The maximum absolute atomic E-state index is 11.6. The lowest BCUT2D eigenvalue weighted by Gasteiger charge is -2.23. The van der Waals surface area contributed by atoms with Gasteiger partial charge in [-0.1, -0.05) is 5.92 Å². The summed E-state index contributed by atoms with van der Waals surface area (Å²) >= 11 is 0. The molecule has 0 aliphatic carbocycles. The van der Waals surface area contributed by atoms with Crippen LogP contribution in [0.1, 0.15) is 12.6 Å². The minimum Gasteiger partial charge on any atom is -0.392 e. The van der Waals surface area contributed by atoms with Crippen molar-refractivity contribution in [2.75, 3.05) is 6.61 Å². The number of ether oxygens (including phenoxy) is 1.